The zero-order valence-corrected chi connectivity index (χ0v) is 14.3. The smallest absolute Gasteiger partial charge is 0.314 e. The van der Waals surface area contributed by atoms with E-state index in [-0.39, 0.29) is 24.5 Å². The van der Waals surface area contributed by atoms with Crippen molar-refractivity contribution >= 4 is 6.03 Å². The second kappa shape index (κ2) is 7.84. The van der Waals surface area contributed by atoms with Gasteiger partial charge in [-0.1, -0.05) is 13.8 Å². The van der Waals surface area contributed by atoms with Gasteiger partial charge >= 0.3 is 6.03 Å². The molecular weight excluding hydrogens is 294 g/mol. The van der Waals surface area contributed by atoms with Crippen molar-refractivity contribution in [2.45, 2.75) is 45.3 Å². The maximum atomic E-state index is 12.0. The second-order valence-corrected chi connectivity index (χ2v) is 6.85. The van der Waals surface area contributed by atoms with Gasteiger partial charge in [-0.05, 0) is 50.9 Å². The monoisotopic (exact) mass is 323 g/mol. The number of likely N-dealkylation sites (tertiary alicyclic amines) is 1. The lowest BCUT2D eigenvalue weighted by Crippen LogP contribution is -2.48. The van der Waals surface area contributed by atoms with Crippen LogP contribution in [0.5, 0.6) is 0 Å². The summed E-state index contributed by atoms with van der Waals surface area (Å²) in [5.74, 6) is 0.949. The van der Waals surface area contributed by atoms with E-state index in [1.54, 1.807) is 13.2 Å². The molecular formula is C17H29N3O3. The number of amides is 2. The summed E-state index contributed by atoms with van der Waals surface area (Å²) in [4.78, 5) is 14.4. The molecule has 1 saturated heterocycles. The normalized spacial score (nSPS) is 19.5. The molecule has 1 fully saturated rings. The number of aliphatic hydroxyl groups is 1. The van der Waals surface area contributed by atoms with Crippen LogP contribution in [-0.2, 0) is 0 Å². The highest BCUT2D eigenvalue weighted by atomic mass is 16.3. The molecule has 1 aliphatic heterocycles. The van der Waals surface area contributed by atoms with E-state index in [1.165, 1.54) is 12.8 Å². The highest BCUT2D eigenvalue weighted by molar-refractivity contribution is 5.73. The Hall–Kier alpha value is -1.53. The first-order chi connectivity index (χ1) is 10.9. The first-order valence-electron chi connectivity index (χ1n) is 8.41. The van der Waals surface area contributed by atoms with E-state index >= 15 is 0 Å². The predicted octanol–water partition coefficient (Wildman–Crippen LogP) is 2.12. The van der Waals surface area contributed by atoms with E-state index in [0.29, 0.717) is 6.54 Å². The van der Waals surface area contributed by atoms with Crippen molar-refractivity contribution < 1.29 is 14.3 Å². The largest absolute Gasteiger partial charge is 0.468 e. The maximum absolute atomic E-state index is 12.0. The number of carbonyl (C=O) groups excluding carboxylic acids is 1. The van der Waals surface area contributed by atoms with Gasteiger partial charge in [-0.15, -0.1) is 0 Å². The third kappa shape index (κ3) is 4.97. The molecule has 3 N–H and O–H groups in total. The summed E-state index contributed by atoms with van der Waals surface area (Å²) < 4.78 is 5.53. The molecule has 130 valence electrons. The van der Waals surface area contributed by atoms with E-state index < -0.39 is 5.60 Å². The van der Waals surface area contributed by atoms with Crippen LogP contribution in [0.15, 0.2) is 22.8 Å². The van der Waals surface area contributed by atoms with Gasteiger partial charge in [0.2, 0.25) is 0 Å². The van der Waals surface area contributed by atoms with Gasteiger partial charge in [-0.3, -0.25) is 4.90 Å². The van der Waals surface area contributed by atoms with E-state index in [2.05, 4.69) is 15.5 Å². The van der Waals surface area contributed by atoms with E-state index in [9.17, 15) is 9.90 Å². The number of nitrogens with zero attached hydrogens (tertiary/aromatic N) is 1. The predicted molar refractivity (Wildman–Crippen MR) is 89.1 cm³/mol. The number of rotatable bonds is 7. The van der Waals surface area contributed by atoms with Crippen LogP contribution in [0.2, 0.25) is 0 Å². The van der Waals surface area contributed by atoms with Crippen LogP contribution in [0.4, 0.5) is 4.79 Å². The van der Waals surface area contributed by atoms with Gasteiger partial charge in [0.15, 0.2) is 0 Å². The maximum Gasteiger partial charge on any atom is 0.314 e. The fraction of sp³-hybridized carbons (Fsp3) is 0.706. The number of hydrogen-bond acceptors (Lipinski definition) is 4. The van der Waals surface area contributed by atoms with Crippen LogP contribution in [0, 0.1) is 5.92 Å². The lowest BCUT2D eigenvalue weighted by molar-refractivity contribution is 0.0165. The standard InChI is InChI=1S/C17H29N3O3/c1-13(2)17(3,22)12-19-16(21)18-11-14(15-7-6-10-23-15)20-8-4-5-9-20/h6-7,10,13-14,22H,4-5,8-9,11-12H2,1-3H3,(H2,18,19,21). The van der Waals surface area contributed by atoms with E-state index in [4.69, 9.17) is 4.42 Å². The van der Waals surface area contributed by atoms with Crippen molar-refractivity contribution in [2.75, 3.05) is 26.2 Å². The van der Waals surface area contributed by atoms with Crippen LogP contribution >= 0.6 is 0 Å². The van der Waals surface area contributed by atoms with Gasteiger partial charge < -0.3 is 20.2 Å². The molecule has 0 spiro atoms. The first kappa shape index (κ1) is 17.8. The zero-order valence-electron chi connectivity index (χ0n) is 14.3. The Bertz CT molecular complexity index is 479. The summed E-state index contributed by atoms with van der Waals surface area (Å²) in [5, 5.41) is 15.8. The Kier molecular flexibility index (Phi) is 6.07. The molecule has 0 aliphatic carbocycles. The molecule has 6 heteroatoms. The molecule has 2 rings (SSSR count). The van der Waals surface area contributed by atoms with Crippen LogP contribution in [0.25, 0.3) is 0 Å². The summed E-state index contributed by atoms with van der Waals surface area (Å²) in [7, 11) is 0. The molecule has 1 aliphatic rings. The summed E-state index contributed by atoms with van der Waals surface area (Å²) in [5.41, 5.74) is -0.910. The van der Waals surface area contributed by atoms with Gasteiger partial charge in [0.25, 0.3) is 0 Å². The molecule has 2 unspecified atom stereocenters. The first-order valence-corrected chi connectivity index (χ1v) is 8.41. The Balaban J connectivity index is 1.85. The molecule has 0 radical (unpaired) electrons. The van der Waals surface area contributed by atoms with Crippen molar-refractivity contribution in [1.82, 2.24) is 15.5 Å². The average molecular weight is 323 g/mol. The van der Waals surface area contributed by atoms with Crippen molar-refractivity contribution in [2.24, 2.45) is 5.92 Å². The highest BCUT2D eigenvalue weighted by Gasteiger charge is 2.27. The fourth-order valence-corrected chi connectivity index (χ4v) is 2.66. The Morgan fingerprint density at radius 1 is 1.39 bits per heavy atom. The molecule has 2 amide bonds. The lowest BCUT2D eigenvalue weighted by atomic mass is 9.93. The molecule has 2 heterocycles. The van der Waals surface area contributed by atoms with Crippen molar-refractivity contribution in [3.8, 4) is 0 Å². The van der Waals surface area contributed by atoms with Gasteiger partial charge in [0.05, 0.1) is 17.9 Å². The molecule has 0 aromatic carbocycles. The third-order valence-electron chi connectivity index (χ3n) is 4.76. The van der Waals surface area contributed by atoms with Crippen LogP contribution < -0.4 is 10.6 Å². The molecule has 2 atom stereocenters. The summed E-state index contributed by atoms with van der Waals surface area (Å²) >= 11 is 0. The van der Waals surface area contributed by atoms with Crippen LogP contribution in [0.3, 0.4) is 0 Å². The van der Waals surface area contributed by atoms with Crippen molar-refractivity contribution in [3.63, 3.8) is 0 Å². The lowest BCUT2D eigenvalue weighted by Gasteiger charge is -2.29. The molecule has 0 bridgehead atoms. The molecule has 23 heavy (non-hydrogen) atoms. The summed E-state index contributed by atoms with van der Waals surface area (Å²) in [6.07, 6.45) is 4.03. The molecule has 0 saturated carbocycles. The van der Waals surface area contributed by atoms with Gasteiger partial charge in [-0.2, -0.15) is 0 Å². The van der Waals surface area contributed by atoms with Crippen molar-refractivity contribution in [1.29, 1.82) is 0 Å². The van der Waals surface area contributed by atoms with Crippen LogP contribution in [-0.4, -0.2) is 47.8 Å². The fourth-order valence-electron chi connectivity index (χ4n) is 2.66. The Morgan fingerprint density at radius 2 is 2.09 bits per heavy atom. The number of hydrogen-bond donors (Lipinski definition) is 3. The number of furan rings is 1. The minimum Gasteiger partial charge on any atom is -0.468 e. The topological polar surface area (TPSA) is 77.7 Å². The third-order valence-corrected chi connectivity index (χ3v) is 4.76. The average Bonchev–Trinajstić information content (AvgIpc) is 3.19. The quantitative estimate of drug-likeness (QED) is 0.718. The Labute approximate surface area is 138 Å². The van der Waals surface area contributed by atoms with Gasteiger partial charge in [-0.25, -0.2) is 4.79 Å². The molecule has 1 aromatic rings. The number of carbonyl (C=O) groups is 1. The van der Waals surface area contributed by atoms with E-state index in [1.807, 2.05) is 26.0 Å². The van der Waals surface area contributed by atoms with E-state index in [0.717, 1.165) is 18.8 Å². The Morgan fingerprint density at radius 3 is 2.65 bits per heavy atom. The number of nitrogens with one attached hydrogen (secondary N) is 2. The summed E-state index contributed by atoms with van der Waals surface area (Å²) in [6.45, 7) is 8.36. The minimum absolute atomic E-state index is 0.0591. The number of urea groups is 1. The minimum atomic E-state index is -0.910. The molecule has 6 nitrogen and oxygen atoms in total. The zero-order chi connectivity index (χ0) is 16.9. The van der Waals surface area contributed by atoms with Crippen LogP contribution in [0.1, 0.15) is 45.4 Å². The highest BCUT2D eigenvalue weighted by Crippen LogP contribution is 2.24. The van der Waals surface area contributed by atoms with Crippen molar-refractivity contribution in [3.05, 3.63) is 24.2 Å². The second-order valence-electron chi connectivity index (χ2n) is 6.85. The SMILES string of the molecule is CC(C)C(C)(O)CNC(=O)NCC(c1ccco1)N1CCCC1. The van der Waals surface area contributed by atoms with Gasteiger partial charge in [0, 0.05) is 13.1 Å². The van der Waals surface area contributed by atoms with Gasteiger partial charge in [0.1, 0.15) is 5.76 Å². The summed E-state index contributed by atoms with van der Waals surface area (Å²) in [6, 6.07) is 3.62. The molecule has 1 aromatic heterocycles.